The Hall–Kier alpha value is -1.01. The molecule has 4 nitrogen and oxygen atoms in total. The van der Waals surface area contributed by atoms with Crippen molar-refractivity contribution in [1.82, 2.24) is 15.0 Å². The molecular weight excluding hydrogens is 360 g/mol. The number of anilines is 1. The first kappa shape index (κ1) is 13.4. The second-order valence-electron chi connectivity index (χ2n) is 3.65. The summed E-state index contributed by atoms with van der Waals surface area (Å²) in [6.07, 6.45) is 4.51. The van der Waals surface area contributed by atoms with Crippen molar-refractivity contribution in [3.63, 3.8) is 0 Å². The molecule has 2 aromatic heterocycles. The van der Waals surface area contributed by atoms with Gasteiger partial charge >= 0.3 is 0 Å². The van der Waals surface area contributed by atoms with Gasteiger partial charge < -0.3 is 5.32 Å². The molecule has 0 saturated heterocycles. The zero-order chi connectivity index (χ0) is 13.0. The standard InChI is InChI=1S/C12H12Br2N4/c1-2-5-16-11-9(14)7-17-12(18-11)10-8(13)4-3-6-15-10/h3-4,6-7H,2,5H2,1H3,(H,16,17,18). The highest BCUT2D eigenvalue weighted by atomic mass is 79.9. The molecule has 0 amide bonds. The highest BCUT2D eigenvalue weighted by Gasteiger charge is 2.10. The third-order valence-corrected chi connectivity index (χ3v) is 3.48. The fourth-order valence-corrected chi connectivity index (χ4v) is 2.16. The molecule has 0 fully saturated rings. The van der Waals surface area contributed by atoms with Crippen LogP contribution in [0.2, 0.25) is 0 Å². The van der Waals surface area contributed by atoms with Crippen molar-refractivity contribution in [3.8, 4) is 11.5 Å². The van der Waals surface area contributed by atoms with Gasteiger partial charge in [0, 0.05) is 23.4 Å². The van der Waals surface area contributed by atoms with E-state index in [1.807, 2.05) is 12.1 Å². The van der Waals surface area contributed by atoms with E-state index in [4.69, 9.17) is 0 Å². The van der Waals surface area contributed by atoms with E-state index >= 15 is 0 Å². The van der Waals surface area contributed by atoms with Crippen LogP contribution >= 0.6 is 31.9 Å². The fourth-order valence-electron chi connectivity index (χ4n) is 1.40. The Morgan fingerprint density at radius 1 is 1.22 bits per heavy atom. The smallest absolute Gasteiger partial charge is 0.181 e. The van der Waals surface area contributed by atoms with Crippen LogP contribution in [0.3, 0.4) is 0 Å². The Morgan fingerprint density at radius 2 is 2.06 bits per heavy atom. The van der Waals surface area contributed by atoms with Crippen molar-refractivity contribution >= 4 is 37.7 Å². The van der Waals surface area contributed by atoms with E-state index in [9.17, 15) is 0 Å². The summed E-state index contributed by atoms with van der Waals surface area (Å²) in [5, 5.41) is 3.25. The highest BCUT2D eigenvalue weighted by Crippen LogP contribution is 2.26. The van der Waals surface area contributed by atoms with Crippen LogP contribution in [0, 0.1) is 0 Å². The van der Waals surface area contributed by atoms with E-state index in [1.54, 1.807) is 12.4 Å². The molecular formula is C12H12Br2N4. The first-order chi connectivity index (χ1) is 8.72. The van der Waals surface area contributed by atoms with Gasteiger partial charge in [-0.25, -0.2) is 9.97 Å². The highest BCUT2D eigenvalue weighted by molar-refractivity contribution is 9.11. The molecule has 2 heterocycles. The first-order valence-electron chi connectivity index (χ1n) is 5.59. The van der Waals surface area contributed by atoms with Gasteiger partial charge in [-0.15, -0.1) is 0 Å². The fraction of sp³-hybridized carbons (Fsp3) is 0.250. The molecule has 0 radical (unpaired) electrons. The summed E-state index contributed by atoms with van der Waals surface area (Å²) in [5.41, 5.74) is 0.740. The zero-order valence-electron chi connectivity index (χ0n) is 9.82. The number of rotatable bonds is 4. The predicted molar refractivity (Wildman–Crippen MR) is 79.4 cm³/mol. The van der Waals surface area contributed by atoms with Gasteiger partial charge in [-0.1, -0.05) is 6.92 Å². The molecule has 6 heteroatoms. The van der Waals surface area contributed by atoms with E-state index in [2.05, 4.69) is 59.1 Å². The number of hydrogen-bond donors (Lipinski definition) is 1. The topological polar surface area (TPSA) is 50.7 Å². The Labute approximate surface area is 123 Å². The van der Waals surface area contributed by atoms with Crippen molar-refractivity contribution in [3.05, 3.63) is 33.5 Å². The lowest BCUT2D eigenvalue weighted by Gasteiger charge is -2.08. The molecule has 0 spiro atoms. The number of pyridine rings is 1. The average Bonchev–Trinajstić information content (AvgIpc) is 2.39. The van der Waals surface area contributed by atoms with Crippen LogP contribution in [-0.2, 0) is 0 Å². The number of nitrogens with one attached hydrogen (secondary N) is 1. The molecule has 0 aliphatic heterocycles. The van der Waals surface area contributed by atoms with Crippen molar-refractivity contribution in [1.29, 1.82) is 0 Å². The summed E-state index contributed by atoms with van der Waals surface area (Å²) in [6.45, 7) is 2.98. The van der Waals surface area contributed by atoms with Crippen LogP contribution in [-0.4, -0.2) is 21.5 Å². The van der Waals surface area contributed by atoms with Crippen LogP contribution < -0.4 is 5.32 Å². The maximum Gasteiger partial charge on any atom is 0.181 e. The molecule has 0 atom stereocenters. The lowest BCUT2D eigenvalue weighted by atomic mass is 10.3. The van der Waals surface area contributed by atoms with Gasteiger partial charge in [0.15, 0.2) is 5.82 Å². The van der Waals surface area contributed by atoms with Crippen molar-refractivity contribution in [2.45, 2.75) is 13.3 Å². The Bertz CT molecular complexity index is 545. The molecule has 18 heavy (non-hydrogen) atoms. The summed E-state index contributed by atoms with van der Waals surface area (Å²) in [6, 6.07) is 3.79. The summed E-state index contributed by atoms with van der Waals surface area (Å²) in [7, 11) is 0. The second-order valence-corrected chi connectivity index (χ2v) is 5.36. The van der Waals surface area contributed by atoms with Crippen molar-refractivity contribution in [2.75, 3.05) is 11.9 Å². The van der Waals surface area contributed by atoms with Crippen LogP contribution in [0.25, 0.3) is 11.5 Å². The minimum absolute atomic E-state index is 0.601. The third-order valence-electron chi connectivity index (χ3n) is 2.26. The molecule has 1 N–H and O–H groups in total. The van der Waals surface area contributed by atoms with Crippen LogP contribution in [0.4, 0.5) is 5.82 Å². The number of nitrogens with zero attached hydrogens (tertiary/aromatic N) is 3. The largest absolute Gasteiger partial charge is 0.369 e. The first-order valence-corrected chi connectivity index (χ1v) is 7.18. The minimum Gasteiger partial charge on any atom is -0.369 e. The summed E-state index contributed by atoms with van der Waals surface area (Å²) in [5.74, 6) is 1.39. The summed E-state index contributed by atoms with van der Waals surface area (Å²) >= 11 is 6.89. The maximum atomic E-state index is 4.48. The average molecular weight is 372 g/mol. The number of aromatic nitrogens is 3. The van der Waals surface area contributed by atoms with Crippen molar-refractivity contribution in [2.24, 2.45) is 0 Å². The lowest BCUT2D eigenvalue weighted by Crippen LogP contribution is -2.04. The van der Waals surface area contributed by atoms with Gasteiger partial charge in [0.05, 0.1) is 4.47 Å². The SMILES string of the molecule is CCCNc1nc(-c2ncccc2Br)ncc1Br. The molecule has 2 rings (SSSR count). The number of halogens is 2. The van der Waals surface area contributed by atoms with E-state index in [1.165, 1.54) is 0 Å². The number of hydrogen-bond acceptors (Lipinski definition) is 4. The molecule has 0 aromatic carbocycles. The molecule has 0 bridgehead atoms. The molecule has 0 unspecified atom stereocenters. The van der Waals surface area contributed by atoms with Crippen LogP contribution in [0.15, 0.2) is 33.5 Å². The molecule has 0 aliphatic rings. The second kappa shape index (κ2) is 6.24. The minimum atomic E-state index is 0.601. The van der Waals surface area contributed by atoms with Gasteiger partial charge in [-0.3, -0.25) is 4.98 Å². The monoisotopic (exact) mass is 370 g/mol. The molecule has 0 saturated carbocycles. The molecule has 94 valence electrons. The molecule has 2 aromatic rings. The van der Waals surface area contributed by atoms with E-state index in [-0.39, 0.29) is 0 Å². The van der Waals surface area contributed by atoms with Gasteiger partial charge in [0.2, 0.25) is 0 Å². The van der Waals surface area contributed by atoms with Gasteiger partial charge in [-0.05, 0) is 50.4 Å². The lowest BCUT2D eigenvalue weighted by molar-refractivity contribution is 0.962. The predicted octanol–water partition coefficient (Wildman–Crippen LogP) is 3.89. The van der Waals surface area contributed by atoms with Crippen molar-refractivity contribution < 1.29 is 0 Å². The van der Waals surface area contributed by atoms with Gasteiger partial charge in [0.25, 0.3) is 0 Å². The van der Waals surface area contributed by atoms with Gasteiger partial charge in [-0.2, -0.15) is 0 Å². The van der Waals surface area contributed by atoms with E-state index in [0.717, 1.165) is 33.4 Å². The zero-order valence-corrected chi connectivity index (χ0v) is 13.0. The quantitative estimate of drug-likeness (QED) is 0.885. The maximum absolute atomic E-state index is 4.48. The van der Waals surface area contributed by atoms with E-state index < -0.39 is 0 Å². The summed E-state index contributed by atoms with van der Waals surface area (Å²) < 4.78 is 1.74. The Morgan fingerprint density at radius 3 is 2.78 bits per heavy atom. The third kappa shape index (κ3) is 3.05. The van der Waals surface area contributed by atoms with Gasteiger partial charge in [0.1, 0.15) is 11.5 Å². The Balaban J connectivity index is 2.38. The Kier molecular flexibility index (Phi) is 4.66. The normalized spacial score (nSPS) is 10.4. The van der Waals surface area contributed by atoms with E-state index in [0.29, 0.717) is 5.82 Å². The molecule has 0 aliphatic carbocycles. The summed E-state index contributed by atoms with van der Waals surface area (Å²) in [4.78, 5) is 13.1. The van der Waals surface area contributed by atoms with Crippen LogP contribution in [0.1, 0.15) is 13.3 Å². The van der Waals surface area contributed by atoms with Crippen LogP contribution in [0.5, 0.6) is 0 Å².